The number of benzene rings is 2. The Morgan fingerprint density at radius 2 is 1.81 bits per heavy atom. The van der Waals surface area contributed by atoms with Gasteiger partial charge in [0.1, 0.15) is 12.3 Å². The second-order valence-electron chi connectivity index (χ2n) is 6.51. The van der Waals surface area contributed by atoms with Gasteiger partial charge in [-0.2, -0.15) is 4.99 Å². The van der Waals surface area contributed by atoms with Crippen LogP contribution in [0.3, 0.4) is 0 Å². The Balaban J connectivity index is 1.96. The molecule has 0 aliphatic heterocycles. The van der Waals surface area contributed by atoms with Gasteiger partial charge in [-0.05, 0) is 48.9 Å². The van der Waals surface area contributed by atoms with E-state index in [1.807, 2.05) is 12.1 Å². The lowest BCUT2D eigenvalue weighted by Crippen LogP contribution is -2.22. The van der Waals surface area contributed by atoms with Gasteiger partial charge in [-0.15, -0.1) is 0 Å². The van der Waals surface area contributed by atoms with Crippen LogP contribution < -0.4 is 19.0 Å². The van der Waals surface area contributed by atoms with Gasteiger partial charge in [0, 0.05) is 6.08 Å². The number of esters is 1. The van der Waals surface area contributed by atoms with Crippen molar-refractivity contribution in [1.82, 2.24) is 4.57 Å². The molecule has 0 fully saturated rings. The fourth-order valence-electron chi connectivity index (χ4n) is 3.01. The van der Waals surface area contributed by atoms with Gasteiger partial charge in [0.2, 0.25) is 0 Å². The van der Waals surface area contributed by atoms with Crippen LogP contribution in [0.1, 0.15) is 12.5 Å². The molecule has 9 heteroatoms. The normalized spacial score (nSPS) is 11.7. The average Bonchev–Trinajstić information content (AvgIpc) is 3.13. The van der Waals surface area contributed by atoms with Crippen molar-refractivity contribution in [3.63, 3.8) is 0 Å². The van der Waals surface area contributed by atoms with Crippen LogP contribution in [0.25, 0.3) is 16.3 Å². The maximum Gasteiger partial charge on any atom is 0.326 e. The molecule has 2 aromatic carbocycles. The quantitative estimate of drug-likeness (QED) is 0.381. The fraction of sp³-hybridized carbons (Fsp3) is 0.261. The fourth-order valence-corrected chi connectivity index (χ4v) is 4.07. The SMILES string of the molecule is CCOC(=O)Cn1c(=NC(=O)/C=C\c2ccc(OC)c(OC)c2)sc2cc(OC)ccc21. The summed E-state index contributed by atoms with van der Waals surface area (Å²) in [6.45, 7) is 1.97. The number of carbonyl (C=O) groups excluding carboxylic acids is 2. The molecule has 32 heavy (non-hydrogen) atoms. The van der Waals surface area contributed by atoms with E-state index < -0.39 is 11.9 Å². The summed E-state index contributed by atoms with van der Waals surface area (Å²) in [5, 5.41) is 0. The third-order valence-electron chi connectivity index (χ3n) is 4.51. The van der Waals surface area contributed by atoms with Gasteiger partial charge in [-0.1, -0.05) is 17.4 Å². The maximum absolute atomic E-state index is 12.6. The molecule has 0 saturated heterocycles. The zero-order valence-electron chi connectivity index (χ0n) is 18.3. The first-order valence-corrected chi connectivity index (χ1v) is 10.6. The molecule has 0 aliphatic rings. The summed E-state index contributed by atoms with van der Waals surface area (Å²) < 4.78 is 23.4. The van der Waals surface area contributed by atoms with Crippen LogP contribution in [-0.2, 0) is 20.9 Å². The highest BCUT2D eigenvalue weighted by molar-refractivity contribution is 7.16. The van der Waals surface area contributed by atoms with Crippen LogP contribution in [-0.4, -0.2) is 44.4 Å². The van der Waals surface area contributed by atoms with Gasteiger partial charge >= 0.3 is 5.97 Å². The Morgan fingerprint density at radius 3 is 2.50 bits per heavy atom. The molecule has 0 saturated carbocycles. The van der Waals surface area contributed by atoms with E-state index in [2.05, 4.69) is 4.99 Å². The molecule has 3 aromatic rings. The van der Waals surface area contributed by atoms with Crippen molar-refractivity contribution in [3.8, 4) is 17.2 Å². The maximum atomic E-state index is 12.6. The van der Waals surface area contributed by atoms with Crippen LogP contribution in [0.4, 0.5) is 0 Å². The first-order valence-electron chi connectivity index (χ1n) is 9.80. The second kappa shape index (κ2) is 10.6. The zero-order chi connectivity index (χ0) is 23.1. The third-order valence-corrected chi connectivity index (χ3v) is 5.56. The van der Waals surface area contributed by atoms with E-state index in [1.165, 1.54) is 17.4 Å². The largest absolute Gasteiger partial charge is 0.497 e. The molecule has 0 atom stereocenters. The van der Waals surface area contributed by atoms with Gasteiger partial charge in [-0.25, -0.2) is 0 Å². The van der Waals surface area contributed by atoms with Crippen LogP contribution in [0.2, 0.25) is 0 Å². The topological polar surface area (TPSA) is 88.4 Å². The van der Waals surface area contributed by atoms with E-state index in [-0.39, 0.29) is 13.2 Å². The first kappa shape index (κ1) is 23.1. The summed E-state index contributed by atoms with van der Waals surface area (Å²) in [4.78, 5) is 29.3. The Labute approximate surface area is 189 Å². The highest BCUT2D eigenvalue weighted by Gasteiger charge is 2.12. The highest BCUT2D eigenvalue weighted by atomic mass is 32.1. The minimum atomic E-state index is -0.462. The average molecular weight is 457 g/mol. The lowest BCUT2D eigenvalue weighted by atomic mass is 10.2. The molecule has 0 unspecified atom stereocenters. The number of hydrogen-bond donors (Lipinski definition) is 0. The van der Waals surface area contributed by atoms with Crippen LogP contribution >= 0.6 is 11.3 Å². The Kier molecular flexibility index (Phi) is 7.67. The Hall–Kier alpha value is -3.59. The molecule has 0 radical (unpaired) electrons. The summed E-state index contributed by atoms with van der Waals surface area (Å²) in [6, 6.07) is 10.8. The molecular weight excluding hydrogens is 432 g/mol. The lowest BCUT2D eigenvalue weighted by Gasteiger charge is -2.07. The number of hydrogen-bond acceptors (Lipinski definition) is 7. The van der Waals surface area contributed by atoms with Crippen molar-refractivity contribution in [1.29, 1.82) is 0 Å². The highest BCUT2D eigenvalue weighted by Crippen LogP contribution is 2.28. The molecule has 8 nitrogen and oxygen atoms in total. The summed E-state index contributed by atoms with van der Waals surface area (Å²) in [5.74, 6) is 0.966. The van der Waals surface area contributed by atoms with E-state index in [0.717, 1.165) is 15.8 Å². The van der Waals surface area contributed by atoms with E-state index in [0.29, 0.717) is 22.0 Å². The van der Waals surface area contributed by atoms with Crippen LogP contribution in [0, 0.1) is 0 Å². The molecular formula is C23H24N2O6S. The first-order chi connectivity index (χ1) is 15.5. The number of fused-ring (bicyclic) bond motifs is 1. The molecule has 1 amide bonds. The van der Waals surface area contributed by atoms with Crippen molar-refractivity contribution < 1.29 is 28.5 Å². The predicted molar refractivity (Wildman–Crippen MR) is 122 cm³/mol. The minimum absolute atomic E-state index is 0.0499. The summed E-state index contributed by atoms with van der Waals surface area (Å²) in [6.07, 6.45) is 3.00. The van der Waals surface area contributed by atoms with Gasteiger partial charge < -0.3 is 23.5 Å². The number of nitrogens with zero attached hydrogens (tertiary/aromatic N) is 2. The zero-order valence-corrected chi connectivity index (χ0v) is 19.1. The number of methoxy groups -OCH3 is 3. The van der Waals surface area contributed by atoms with Crippen LogP contribution in [0.15, 0.2) is 47.5 Å². The molecule has 0 spiro atoms. The van der Waals surface area contributed by atoms with E-state index in [4.69, 9.17) is 18.9 Å². The summed E-state index contributed by atoms with van der Waals surface area (Å²) in [5.41, 5.74) is 1.52. The van der Waals surface area contributed by atoms with E-state index >= 15 is 0 Å². The van der Waals surface area contributed by atoms with Gasteiger partial charge in [0.25, 0.3) is 5.91 Å². The minimum Gasteiger partial charge on any atom is -0.497 e. The van der Waals surface area contributed by atoms with Gasteiger partial charge in [0.05, 0.1) is 38.2 Å². The smallest absolute Gasteiger partial charge is 0.326 e. The Bertz CT molecular complexity index is 1220. The molecule has 0 N–H and O–H groups in total. The molecule has 3 rings (SSSR count). The molecule has 0 aliphatic carbocycles. The Morgan fingerprint density at radius 1 is 1.03 bits per heavy atom. The third kappa shape index (κ3) is 5.36. The number of thiazole rings is 1. The van der Waals surface area contributed by atoms with Gasteiger partial charge in [-0.3, -0.25) is 9.59 Å². The summed E-state index contributed by atoms with van der Waals surface area (Å²) >= 11 is 1.29. The van der Waals surface area contributed by atoms with E-state index in [1.54, 1.807) is 63.2 Å². The lowest BCUT2D eigenvalue weighted by molar-refractivity contribution is -0.143. The second-order valence-corrected chi connectivity index (χ2v) is 7.52. The molecule has 1 aromatic heterocycles. The van der Waals surface area contributed by atoms with Crippen molar-refractivity contribution in [2.45, 2.75) is 13.5 Å². The predicted octanol–water partition coefficient (Wildman–Crippen LogP) is 3.43. The van der Waals surface area contributed by atoms with Crippen LogP contribution in [0.5, 0.6) is 17.2 Å². The van der Waals surface area contributed by atoms with Crippen molar-refractivity contribution in [2.24, 2.45) is 4.99 Å². The molecule has 168 valence electrons. The standard InChI is InChI=1S/C23H24N2O6S/c1-5-31-22(27)14-25-17-9-8-16(28-2)13-20(17)32-23(25)24-21(26)11-7-15-6-10-18(29-3)19(12-15)30-4/h6-13H,5,14H2,1-4H3/b11-7-,24-23?. The molecule has 0 bridgehead atoms. The number of ether oxygens (including phenoxy) is 4. The summed E-state index contributed by atoms with van der Waals surface area (Å²) in [7, 11) is 4.68. The number of aromatic nitrogens is 1. The number of rotatable bonds is 8. The number of carbonyl (C=O) groups is 2. The molecule has 1 heterocycles. The van der Waals surface area contributed by atoms with Crippen molar-refractivity contribution in [3.05, 3.63) is 52.8 Å². The van der Waals surface area contributed by atoms with Gasteiger partial charge in [0.15, 0.2) is 16.3 Å². The number of amides is 1. The monoisotopic (exact) mass is 456 g/mol. The van der Waals surface area contributed by atoms with Crippen molar-refractivity contribution in [2.75, 3.05) is 27.9 Å². The van der Waals surface area contributed by atoms with E-state index in [9.17, 15) is 9.59 Å². The van der Waals surface area contributed by atoms with Crippen molar-refractivity contribution >= 4 is 39.5 Å².